The first-order valence-corrected chi connectivity index (χ1v) is 8.51. The quantitative estimate of drug-likeness (QED) is 0.903. The van der Waals surface area contributed by atoms with E-state index in [1.807, 2.05) is 12.1 Å². The fourth-order valence-electron chi connectivity index (χ4n) is 3.54. The van der Waals surface area contributed by atoms with Crippen LogP contribution in [0.3, 0.4) is 0 Å². The predicted octanol–water partition coefficient (Wildman–Crippen LogP) is 2.43. The molecule has 1 N–H and O–H groups in total. The average molecular weight is 287 g/mol. The fraction of sp³-hybridized carbons (Fsp3) is 0.706. The highest BCUT2D eigenvalue weighted by atomic mass is 16.2. The molecule has 0 bridgehead atoms. The van der Waals surface area contributed by atoms with Gasteiger partial charge >= 0.3 is 0 Å². The molecule has 2 saturated carbocycles. The van der Waals surface area contributed by atoms with Gasteiger partial charge in [0, 0.05) is 24.8 Å². The van der Waals surface area contributed by atoms with Crippen molar-refractivity contribution in [2.45, 2.75) is 50.6 Å². The largest absolute Gasteiger partial charge is 0.340 e. The van der Waals surface area contributed by atoms with Crippen molar-refractivity contribution in [3.63, 3.8) is 0 Å². The lowest BCUT2D eigenvalue weighted by Gasteiger charge is -2.30. The zero-order valence-electron chi connectivity index (χ0n) is 12.6. The van der Waals surface area contributed by atoms with Gasteiger partial charge in [-0.3, -0.25) is 4.79 Å². The van der Waals surface area contributed by atoms with Crippen LogP contribution in [0.5, 0.6) is 0 Å². The molecule has 1 unspecified atom stereocenters. The lowest BCUT2D eigenvalue weighted by molar-refractivity contribution is 0.0693. The van der Waals surface area contributed by atoms with E-state index in [1.165, 1.54) is 38.5 Å². The summed E-state index contributed by atoms with van der Waals surface area (Å²) in [6.07, 6.45) is 9.42. The molecule has 2 aliphatic carbocycles. The summed E-state index contributed by atoms with van der Waals surface area (Å²) in [7, 11) is 0. The molecule has 0 aromatic carbocycles. The van der Waals surface area contributed by atoms with Gasteiger partial charge in [-0.2, -0.15) is 0 Å². The number of amides is 1. The third-order valence-corrected chi connectivity index (χ3v) is 5.04. The van der Waals surface area contributed by atoms with E-state index in [9.17, 15) is 4.79 Å². The maximum absolute atomic E-state index is 13.0. The monoisotopic (exact) mass is 287 g/mol. The maximum Gasteiger partial charge on any atom is 0.270 e. The number of nitrogens with one attached hydrogen (secondary N) is 1. The van der Waals surface area contributed by atoms with Gasteiger partial charge in [0.05, 0.1) is 0 Å². The minimum atomic E-state index is 0.264. The Kier molecular flexibility index (Phi) is 3.49. The summed E-state index contributed by atoms with van der Waals surface area (Å²) in [6, 6.07) is 5.12. The van der Waals surface area contributed by atoms with Crippen LogP contribution in [0.15, 0.2) is 18.3 Å². The highest BCUT2D eigenvalue weighted by Crippen LogP contribution is 2.37. The first-order valence-electron chi connectivity index (χ1n) is 8.51. The standard InChI is InChI=1S/C17H25N3O/c21-17(16-4-2-10-19(16)14-5-6-14)20(15-7-8-15)12-13-3-1-9-18-11-13/h2,4,10,13-15,18H,1,3,5-9,11-12H2. The lowest BCUT2D eigenvalue weighted by atomic mass is 9.99. The molecule has 3 aliphatic rings. The summed E-state index contributed by atoms with van der Waals surface area (Å²) in [4.78, 5) is 15.2. The van der Waals surface area contributed by atoms with E-state index in [1.54, 1.807) is 0 Å². The van der Waals surface area contributed by atoms with Gasteiger partial charge in [-0.15, -0.1) is 0 Å². The first kappa shape index (κ1) is 13.4. The molecule has 4 nitrogen and oxygen atoms in total. The van der Waals surface area contributed by atoms with Crippen LogP contribution in [0.1, 0.15) is 55.1 Å². The van der Waals surface area contributed by atoms with Crippen LogP contribution in [0, 0.1) is 5.92 Å². The van der Waals surface area contributed by atoms with Gasteiger partial charge in [-0.1, -0.05) is 0 Å². The molecule has 21 heavy (non-hydrogen) atoms. The highest BCUT2D eigenvalue weighted by molar-refractivity contribution is 5.93. The minimum Gasteiger partial charge on any atom is -0.340 e. The van der Waals surface area contributed by atoms with Crippen molar-refractivity contribution in [3.8, 4) is 0 Å². The van der Waals surface area contributed by atoms with E-state index in [2.05, 4.69) is 21.0 Å². The number of carbonyl (C=O) groups is 1. The van der Waals surface area contributed by atoms with Crippen LogP contribution in [0.4, 0.5) is 0 Å². The Morgan fingerprint density at radius 1 is 1.29 bits per heavy atom. The van der Waals surface area contributed by atoms with Crippen molar-refractivity contribution >= 4 is 5.91 Å². The number of aromatic nitrogens is 1. The van der Waals surface area contributed by atoms with E-state index < -0.39 is 0 Å². The number of rotatable bonds is 5. The SMILES string of the molecule is O=C(c1cccn1C1CC1)N(CC1CCCNC1)C1CC1. The molecule has 0 radical (unpaired) electrons. The third kappa shape index (κ3) is 2.86. The highest BCUT2D eigenvalue weighted by Gasteiger charge is 2.36. The first-order chi connectivity index (χ1) is 10.3. The average Bonchev–Trinajstić information content (AvgIpc) is 3.44. The summed E-state index contributed by atoms with van der Waals surface area (Å²) in [5.74, 6) is 0.896. The van der Waals surface area contributed by atoms with E-state index in [-0.39, 0.29) is 5.91 Å². The van der Waals surface area contributed by atoms with Crippen molar-refractivity contribution in [3.05, 3.63) is 24.0 Å². The van der Waals surface area contributed by atoms with Crippen LogP contribution in [-0.2, 0) is 0 Å². The zero-order valence-corrected chi connectivity index (χ0v) is 12.6. The second-order valence-corrected chi connectivity index (χ2v) is 6.93. The Hall–Kier alpha value is -1.29. The molecule has 4 rings (SSSR count). The molecule has 1 aromatic heterocycles. The summed E-state index contributed by atoms with van der Waals surface area (Å²) >= 11 is 0. The second-order valence-electron chi connectivity index (χ2n) is 6.93. The minimum absolute atomic E-state index is 0.264. The van der Waals surface area contributed by atoms with Gasteiger partial charge in [0.1, 0.15) is 5.69 Å². The van der Waals surface area contributed by atoms with Gasteiger partial charge in [0.25, 0.3) is 5.91 Å². The van der Waals surface area contributed by atoms with Crippen molar-refractivity contribution < 1.29 is 4.79 Å². The second kappa shape index (κ2) is 5.48. The molecule has 114 valence electrons. The van der Waals surface area contributed by atoms with Crippen molar-refractivity contribution in [2.24, 2.45) is 5.92 Å². The Balaban J connectivity index is 1.49. The molecule has 1 atom stereocenters. The Morgan fingerprint density at radius 3 is 2.81 bits per heavy atom. The number of hydrogen-bond acceptors (Lipinski definition) is 2. The van der Waals surface area contributed by atoms with Crippen LogP contribution in [0.25, 0.3) is 0 Å². The third-order valence-electron chi connectivity index (χ3n) is 5.04. The van der Waals surface area contributed by atoms with Crippen LogP contribution in [0.2, 0.25) is 0 Å². The van der Waals surface area contributed by atoms with Gasteiger partial charge in [0.15, 0.2) is 0 Å². The molecule has 2 heterocycles. The molecular formula is C17H25N3O. The van der Waals surface area contributed by atoms with E-state index in [0.717, 1.165) is 25.3 Å². The van der Waals surface area contributed by atoms with Gasteiger partial charge in [0.2, 0.25) is 0 Å². The molecule has 0 spiro atoms. The normalized spacial score (nSPS) is 25.8. The van der Waals surface area contributed by atoms with Crippen molar-refractivity contribution in [1.29, 1.82) is 0 Å². The zero-order chi connectivity index (χ0) is 14.2. The number of nitrogens with zero attached hydrogens (tertiary/aromatic N) is 2. The summed E-state index contributed by atoms with van der Waals surface area (Å²) in [5, 5.41) is 3.47. The van der Waals surface area contributed by atoms with Crippen molar-refractivity contribution in [1.82, 2.24) is 14.8 Å². The summed E-state index contributed by atoms with van der Waals surface area (Å²) < 4.78 is 2.21. The molecule has 4 heteroatoms. The molecule has 1 aliphatic heterocycles. The van der Waals surface area contributed by atoms with Crippen molar-refractivity contribution in [2.75, 3.05) is 19.6 Å². The van der Waals surface area contributed by atoms with E-state index >= 15 is 0 Å². The van der Waals surface area contributed by atoms with Gasteiger partial charge < -0.3 is 14.8 Å². The molecule has 1 amide bonds. The van der Waals surface area contributed by atoms with Gasteiger partial charge in [-0.05, 0) is 69.7 Å². The topological polar surface area (TPSA) is 37.3 Å². The molecule has 1 saturated heterocycles. The number of piperidine rings is 1. The molecule has 3 fully saturated rings. The smallest absolute Gasteiger partial charge is 0.270 e. The Bertz CT molecular complexity index is 510. The Morgan fingerprint density at radius 2 is 2.14 bits per heavy atom. The van der Waals surface area contributed by atoms with Crippen LogP contribution >= 0.6 is 0 Å². The van der Waals surface area contributed by atoms with Crippen LogP contribution < -0.4 is 5.32 Å². The number of hydrogen-bond donors (Lipinski definition) is 1. The predicted molar refractivity (Wildman–Crippen MR) is 82.4 cm³/mol. The lowest BCUT2D eigenvalue weighted by Crippen LogP contribution is -2.42. The number of carbonyl (C=O) groups excluding carboxylic acids is 1. The Labute approximate surface area is 126 Å². The van der Waals surface area contributed by atoms with E-state index in [0.29, 0.717) is 18.0 Å². The molecule has 1 aromatic rings. The van der Waals surface area contributed by atoms with Gasteiger partial charge in [-0.25, -0.2) is 0 Å². The maximum atomic E-state index is 13.0. The molecular weight excluding hydrogens is 262 g/mol. The summed E-state index contributed by atoms with van der Waals surface area (Å²) in [6.45, 7) is 3.14. The fourth-order valence-corrected chi connectivity index (χ4v) is 3.54. The summed E-state index contributed by atoms with van der Waals surface area (Å²) in [5.41, 5.74) is 0.910. The van der Waals surface area contributed by atoms with E-state index in [4.69, 9.17) is 0 Å². The van der Waals surface area contributed by atoms with Crippen LogP contribution in [-0.4, -0.2) is 41.1 Å².